The number of carbonyl (C=O) groups is 1. The summed E-state index contributed by atoms with van der Waals surface area (Å²) in [5.41, 5.74) is 0. The SMILES string of the molecule is CC(C)CN(CC(C)C)C(=O)CSc1nncn1CCc1cccs1. The molecular formula is C18H28N4OS2. The van der Waals surface area contributed by atoms with Crippen LogP contribution in [0.1, 0.15) is 32.6 Å². The van der Waals surface area contributed by atoms with Gasteiger partial charge in [-0.25, -0.2) is 0 Å². The summed E-state index contributed by atoms with van der Waals surface area (Å²) < 4.78 is 2.03. The predicted octanol–water partition coefficient (Wildman–Crippen LogP) is 3.82. The number of carbonyl (C=O) groups excluding carboxylic acids is 1. The fourth-order valence-corrected chi connectivity index (χ4v) is 4.11. The molecule has 0 aliphatic carbocycles. The van der Waals surface area contributed by atoms with E-state index in [-0.39, 0.29) is 5.91 Å². The van der Waals surface area contributed by atoms with E-state index in [9.17, 15) is 4.79 Å². The van der Waals surface area contributed by atoms with E-state index in [2.05, 4.69) is 55.4 Å². The molecule has 0 N–H and O–H groups in total. The summed E-state index contributed by atoms with van der Waals surface area (Å²) in [5, 5.41) is 11.1. The quantitative estimate of drug-likeness (QED) is 0.588. The molecule has 0 saturated heterocycles. The van der Waals surface area contributed by atoms with Crippen molar-refractivity contribution < 1.29 is 4.79 Å². The van der Waals surface area contributed by atoms with Crippen LogP contribution >= 0.6 is 23.1 Å². The van der Waals surface area contributed by atoms with Crippen LogP contribution < -0.4 is 0 Å². The smallest absolute Gasteiger partial charge is 0.233 e. The van der Waals surface area contributed by atoms with Crippen molar-refractivity contribution in [2.24, 2.45) is 11.8 Å². The van der Waals surface area contributed by atoms with Crippen LogP contribution in [0.3, 0.4) is 0 Å². The number of hydrogen-bond acceptors (Lipinski definition) is 5. The van der Waals surface area contributed by atoms with Gasteiger partial charge < -0.3 is 9.47 Å². The third-order valence-electron chi connectivity index (χ3n) is 3.61. The Hall–Kier alpha value is -1.34. The van der Waals surface area contributed by atoms with Crippen molar-refractivity contribution >= 4 is 29.0 Å². The monoisotopic (exact) mass is 380 g/mol. The molecule has 5 nitrogen and oxygen atoms in total. The van der Waals surface area contributed by atoms with Gasteiger partial charge in [0.1, 0.15) is 6.33 Å². The average Bonchev–Trinajstić information content (AvgIpc) is 3.20. The Labute approximate surface area is 158 Å². The minimum Gasteiger partial charge on any atom is -0.341 e. The van der Waals surface area contributed by atoms with E-state index in [0.717, 1.165) is 31.2 Å². The molecule has 0 saturated carbocycles. The molecule has 0 radical (unpaired) electrons. The van der Waals surface area contributed by atoms with E-state index in [4.69, 9.17) is 0 Å². The summed E-state index contributed by atoms with van der Waals surface area (Å²) in [6.45, 7) is 11.0. The van der Waals surface area contributed by atoms with Gasteiger partial charge in [-0.15, -0.1) is 21.5 Å². The summed E-state index contributed by atoms with van der Waals surface area (Å²) in [5.74, 6) is 1.54. The first-order valence-corrected chi connectivity index (χ1v) is 10.6. The van der Waals surface area contributed by atoms with Crippen molar-refractivity contribution in [3.8, 4) is 0 Å². The second-order valence-corrected chi connectivity index (χ2v) is 8.99. The highest BCUT2D eigenvalue weighted by Gasteiger charge is 2.17. The van der Waals surface area contributed by atoms with Crippen molar-refractivity contribution in [1.29, 1.82) is 0 Å². The molecule has 2 aromatic heterocycles. The van der Waals surface area contributed by atoms with Crippen LogP contribution in [-0.2, 0) is 17.8 Å². The Morgan fingerprint density at radius 2 is 2.00 bits per heavy atom. The van der Waals surface area contributed by atoms with E-state index >= 15 is 0 Å². The fraction of sp³-hybridized carbons (Fsp3) is 0.611. The van der Waals surface area contributed by atoms with Gasteiger partial charge in [-0.2, -0.15) is 0 Å². The normalized spacial score (nSPS) is 11.4. The number of hydrogen-bond donors (Lipinski definition) is 0. The van der Waals surface area contributed by atoms with Crippen LogP contribution in [0, 0.1) is 11.8 Å². The molecule has 0 aromatic carbocycles. The van der Waals surface area contributed by atoms with Gasteiger partial charge in [0.2, 0.25) is 5.91 Å². The van der Waals surface area contributed by atoms with Gasteiger partial charge in [0, 0.05) is 24.5 Å². The van der Waals surface area contributed by atoms with Crippen LogP contribution in [0.5, 0.6) is 0 Å². The molecule has 138 valence electrons. The fourth-order valence-electron chi connectivity index (χ4n) is 2.57. The topological polar surface area (TPSA) is 51.0 Å². The molecule has 0 spiro atoms. The van der Waals surface area contributed by atoms with Gasteiger partial charge in [0.05, 0.1) is 5.75 Å². The summed E-state index contributed by atoms with van der Waals surface area (Å²) >= 11 is 3.25. The third-order valence-corrected chi connectivity index (χ3v) is 5.51. The summed E-state index contributed by atoms with van der Waals surface area (Å²) in [6.07, 6.45) is 2.71. The number of amides is 1. The maximum atomic E-state index is 12.6. The van der Waals surface area contributed by atoms with Gasteiger partial charge in [-0.3, -0.25) is 4.79 Å². The van der Waals surface area contributed by atoms with Crippen LogP contribution in [0.15, 0.2) is 29.0 Å². The molecule has 0 fully saturated rings. The number of thioether (sulfide) groups is 1. The van der Waals surface area contributed by atoms with Crippen LogP contribution in [0.2, 0.25) is 0 Å². The van der Waals surface area contributed by atoms with Crippen molar-refractivity contribution in [3.63, 3.8) is 0 Å². The number of nitrogens with zero attached hydrogens (tertiary/aromatic N) is 4. The van der Waals surface area contributed by atoms with Gasteiger partial charge in [-0.1, -0.05) is 45.5 Å². The first-order valence-electron chi connectivity index (χ1n) is 8.76. The second kappa shape index (κ2) is 9.97. The zero-order valence-electron chi connectivity index (χ0n) is 15.5. The lowest BCUT2D eigenvalue weighted by atomic mass is 10.1. The molecule has 1 amide bonds. The maximum absolute atomic E-state index is 12.6. The highest BCUT2D eigenvalue weighted by molar-refractivity contribution is 7.99. The van der Waals surface area contributed by atoms with Crippen molar-refractivity contribution in [1.82, 2.24) is 19.7 Å². The summed E-state index contributed by atoms with van der Waals surface area (Å²) in [7, 11) is 0. The lowest BCUT2D eigenvalue weighted by molar-refractivity contribution is -0.129. The molecule has 0 aliphatic heterocycles. The molecule has 7 heteroatoms. The van der Waals surface area contributed by atoms with E-state index in [1.807, 2.05) is 9.47 Å². The Morgan fingerprint density at radius 3 is 2.60 bits per heavy atom. The van der Waals surface area contributed by atoms with Crippen molar-refractivity contribution in [2.75, 3.05) is 18.8 Å². The lowest BCUT2D eigenvalue weighted by Crippen LogP contribution is -2.38. The minimum atomic E-state index is 0.181. The van der Waals surface area contributed by atoms with E-state index < -0.39 is 0 Å². The van der Waals surface area contributed by atoms with E-state index in [1.165, 1.54) is 16.6 Å². The van der Waals surface area contributed by atoms with Crippen molar-refractivity contribution in [2.45, 2.75) is 45.8 Å². The molecule has 0 atom stereocenters. The number of thiophene rings is 1. The van der Waals surface area contributed by atoms with Crippen molar-refractivity contribution in [3.05, 3.63) is 28.7 Å². The van der Waals surface area contributed by atoms with Crippen LogP contribution in [-0.4, -0.2) is 44.4 Å². The first kappa shape index (κ1) is 20.0. The zero-order valence-corrected chi connectivity index (χ0v) is 17.1. The molecule has 2 heterocycles. The van der Waals surface area contributed by atoms with E-state index in [0.29, 0.717) is 17.6 Å². The highest BCUT2D eigenvalue weighted by atomic mass is 32.2. The summed E-state index contributed by atoms with van der Waals surface area (Å²) in [4.78, 5) is 15.9. The zero-order chi connectivity index (χ0) is 18.2. The Bertz CT molecular complexity index is 627. The molecule has 0 bridgehead atoms. The lowest BCUT2D eigenvalue weighted by Gasteiger charge is -2.26. The largest absolute Gasteiger partial charge is 0.341 e. The molecular weight excluding hydrogens is 352 g/mol. The van der Waals surface area contributed by atoms with E-state index in [1.54, 1.807) is 17.7 Å². The Morgan fingerprint density at radius 1 is 1.28 bits per heavy atom. The minimum absolute atomic E-state index is 0.181. The van der Waals surface area contributed by atoms with Gasteiger partial charge in [-0.05, 0) is 29.7 Å². The Kier molecular flexibility index (Phi) is 7.96. The first-order chi connectivity index (χ1) is 12.0. The highest BCUT2D eigenvalue weighted by Crippen LogP contribution is 2.18. The molecule has 2 aromatic rings. The molecule has 0 unspecified atom stereocenters. The maximum Gasteiger partial charge on any atom is 0.233 e. The number of aromatic nitrogens is 3. The molecule has 25 heavy (non-hydrogen) atoms. The number of aryl methyl sites for hydroxylation is 2. The molecule has 0 aliphatic rings. The molecule has 2 rings (SSSR count). The van der Waals surface area contributed by atoms with Crippen LogP contribution in [0.4, 0.5) is 0 Å². The third kappa shape index (κ3) is 6.82. The average molecular weight is 381 g/mol. The second-order valence-electron chi connectivity index (χ2n) is 7.01. The predicted molar refractivity (Wildman–Crippen MR) is 105 cm³/mol. The number of rotatable bonds is 10. The summed E-state index contributed by atoms with van der Waals surface area (Å²) in [6, 6.07) is 4.21. The van der Waals surface area contributed by atoms with Gasteiger partial charge in [0.25, 0.3) is 0 Å². The standard InChI is InChI=1S/C18H28N4OS2/c1-14(2)10-22(11-15(3)4)17(23)12-25-18-20-19-13-21(18)8-7-16-6-5-9-24-16/h5-6,9,13-15H,7-8,10-12H2,1-4H3. The van der Waals surface area contributed by atoms with Crippen LogP contribution in [0.25, 0.3) is 0 Å². The van der Waals surface area contributed by atoms with Gasteiger partial charge >= 0.3 is 0 Å². The Balaban J connectivity index is 1.89. The van der Waals surface area contributed by atoms with Gasteiger partial charge in [0.15, 0.2) is 5.16 Å².